The molecule has 1 heterocycles. The first-order valence-electron chi connectivity index (χ1n) is 5.31. The molecule has 2 aromatic rings. The van der Waals surface area contributed by atoms with Gasteiger partial charge in [0.25, 0.3) is 0 Å². The van der Waals surface area contributed by atoms with Crippen molar-refractivity contribution in [2.45, 2.75) is 19.8 Å². The molecular formula is C12H15NO2S. The fourth-order valence-corrected chi connectivity index (χ4v) is 2.27. The van der Waals surface area contributed by atoms with Crippen LogP contribution in [0.15, 0.2) is 24.3 Å². The molecule has 2 rings (SSSR count). The van der Waals surface area contributed by atoms with Gasteiger partial charge in [0.05, 0.1) is 0 Å². The van der Waals surface area contributed by atoms with E-state index < -0.39 is 11.1 Å². The monoisotopic (exact) mass is 237 g/mol. The van der Waals surface area contributed by atoms with Crippen molar-refractivity contribution in [1.82, 2.24) is 4.98 Å². The molecule has 0 aliphatic heterocycles. The van der Waals surface area contributed by atoms with Crippen molar-refractivity contribution in [2.75, 3.05) is 5.75 Å². The predicted molar refractivity (Wildman–Crippen MR) is 67.0 cm³/mol. The molecule has 0 saturated heterocycles. The standard InChI is InChI=1S/C12H15NO2S/c1-9-7-11-8-10(3-2-6-16(14)15)4-5-12(11)13-9/h4-5,7-8,13H,2-3,6H2,1H3,(H,14,15). The Bertz CT molecular complexity index is 519. The summed E-state index contributed by atoms with van der Waals surface area (Å²) in [6.45, 7) is 2.04. The molecule has 16 heavy (non-hydrogen) atoms. The van der Waals surface area contributed by atoms with Gasteiger partial charge in [-0.05, 0) is 48.9 Å². The molecular weight excluding hydrogens is 222 g/mol. The third-order valence-electron chi connectivity index (χ3n) is 2.60. The molecule has 0 saturated carbocycles. The smallest absolute Gasteiger partial charge is 0.152 e. The van der Waals surface area contributed by atoms with Gasteiger partial charge in [-0.1, -0.05) is 6.07 Å². The molecule has 0 aliphatic rings. The van der Waals surface area contributed by atoms with Gasteiger partial charge >= 0.3 is 0 Å². The van der Waals surface area contributed by atoms with Gasteiger partial charge in [0.1, 0.15) is 0 Å². The zero-order valence-corrected chi connectivity index (χ0v) is 10.0. The summed E-state index contributed by atoms with van der Waals surface area (Å²) in [4.78, 5) is 3.27. The highest BCUT2D eigenvalue weighted by Crippen LogP contribution is 2.17. The molecule has 1 aromatic heterocycles. The highest BCUT2D eigenvalue weighted by atomic mass is 32.2. The molecule has 0 radical (unpaired) electrons. The summed E-state index contributed by atoms with van der Waals surface area (Å²) in [6.07, 6.45) is 1.60. The van der Waals surface area contributed by atoms with Crippen LogP contribution in [0.2, 0.25) is 0 Å². The number of aromatic nitrogens is 1. The number of fused-ring (bicyclic) bond motifs is 1. The fraction of sp³-hybridized carbons (Fsp3) is 0.333. The summed E-state index contributed by atoms with van der Waals surface area (Å²) in [5.41, 5.74) is 3.52. The van der Waals surface area contributed by atoms with E-state index in [-0.39, 0.29) is 0 Å². The third kappa shape index (κ3) is 2.71. The molecule has 1 atom stereocenters. The fourth-order valence-electron chi connectivity index (χ4n) is 1.88. The van der Waals surface area contributed by atoms with E-state index in [1.807, 2.05) is 6.92 Å². The van der Waals surface area contributed by atoms with Crippen molar-refractivity contribution in [3.63, 3.8) is 0 Å². The number of aromatic amines is 1. The van der Waals surface area contributed by atoms with Gasteiger partial charge in [-0.15, -0.1) is 0 Å². The van der Waals surface area contributed by atoms with Gasteiger partial charge in [-0.25, -0.2) is 4.21 Å². The first-order chi connectivity index (χ1) is 7.65. The number of hydrogen-bond donors (Lipinski definition) is 2. The number of aryl methyl sites for hydroxylation is 2. The lowest BCUT2D eigenvalue weighted by Crippen LogP contribution is -1.96. The largest absolute Gasteiger partial charge is 0.359 e. The maximum atomic E-state index is 10.5. The van der Waals surface area contributed by atoms with Gasteiger partial charge in [0.2, 0.25) is 0 Å². The summed E-state index contributed by atoms with van der Waals surface area (Å²) in [6, 6.07) is 8.38. The molecule has 3 nitrogen and oxygen atoms in total. The van der Waals surface area contributed by atoms with Crippen LogP contribution in [0.1, 0.15) is 17.7 Å². The molecule has 1 unspecified atom stereocenters. The van der Waals surface area contributed by atoms with E-state index in [0.717, 1.165) is 24.1 Å². The minimum absolute atomic E-state index is 0.351. The minimum atomic E-state index is -1.67. The van der Waals surface area contributed by atoms with Crippen LogP contribution in [0.25, 0.3) is 10.9 Å². The first kappa shape index (κ1) is 11.4. The Kier molecular flexibility index (Phi) is 3.41. The Morgan fingerprint density at radius 3 is 2.94 bits per heavy atom. The molecule has 0 bridgehead atoms. The van der Waals surface area contributed by atoms with Crippen LogP contribution < -0.4 is 0 Å². The zero-order valence-electron chi connectivity index (χ0n) is 9.19. The third-order valence-corrected chi connectivity index (χ3v) is 3.24. The van der Waals surface area contributed by atoms with Crippen LogP contribution in [-0.2, 0) is 17.5 Å². The second-order valence-electron chi connectivity index (χ2n) is 4.00. The summed E-state index contributed by atoms with van der Waals surface area (Å²) < 4.78 is 19.2. The van der Waals surface area contributed by atoms with Crippen molar-refractivity contribution < 1.29 is 8.76 Å². The van der Waals surface area contributed by atoms with Crippen molar-refractivity contribution >= 4 is 22.0 Å². The Morgan fingerprint density at radius 1 is 1.38 bits per heavy atom. The maximum absolute atomic E-state index is 10.5. The summed E-state index contributed by atoms with van der Waals surface area (Å²) in [5.74, 6) is 0.351. The second kappa shape index (κ2) is 4.80. The quantitative estimate of drug-likeness (QED) is 0.803. The first-order valence-corrected chi connectivity index (χ1v) is 6.58. The van der Waals surface area contributed by atoms with E-state index in [1.54, 1.807) is 0 Å². The predicted octanol–water partition coefficient (Wildman–Crippen LogP) is 2.63. The van der Waals surface area contributed by atoms with E-state index in [4.69, 9.17) is 4.55 Å². The summed E-state index contributed by atoms with van der Waals surface area (Å²) in [5, 5.41) is 1.21. The number of rotatable bonds is 4. The van der Waals surface area contributed by atoms with Crippen LogP contribution in [0.3, 0.4) is 0 Å². The van der Waals surface area contributed by atoms with E-state index in [1.165, 1.54) is 10.9 Å². The van der Waals surface area contributed by atoms with Crippen molar-refractivity contribution in [2.24, 2.45) is 0 Å². The number of benzene rings is 1. The maximum Gasteiger partial charge on any atom is 0.152 e. The second-order valence-corrected chi connectivity index (χ2v) is 5.05. The Balaban J connectivity index is 2.10. The topological polar surface area (TPSA) is 53.1 Å². The number of H-pyrrole nitrogens is 1. The lowest BCUT2D eigenvalue weighted by molar-refractivity contribution is 0.561. The number of hydrogen-bond acceptors (Lipinski definition) is 1. The van der Waals surface area contributed by atoms with Crippen molar-refractivity contribution in [1.29, 1.82) is 0 Å². The highest BCUT2D eigenvalue weighted by molar-refractivity contribution is 7.79. The lowest BCUT2D eigenvalue weighted by atomic mass is 10.1. The van der Waals surface area contributed by atoms with Gasteiger partial charge < -0.3 is 9.54 Å². The molecule has 0 amide bonds. The molecule has 4 heteroatoms. The van der Waals surface area contributed by atoms with Gasteiger partial charge in [0.15, 0.2) is 11.1 Å². The lowest BCUT2D eigenvalue weighted by Gasteiger charge is -2.00. The van der Waals surface area contributed by atoms with E-state index >= 15 is 0 Å². The molecule has 0 spiro atoms. The van der Waals surface area contributed by atoms with Gasteiger partial charge in [-0.3, -0.25) is 0 Å². The Hall–Kier alpha value is -1.13. The minimum Gasteiger partial charge on any atom is -0.359 e. The van der Waals surface area contributed by atoms with E-state index in [9.17, 15) is 4.21 Å². The SMILES string of the molecule is Cc1cc2cc(CCCS(=O)O)ccc2[nH]1. The summed E-state index contributed by atoms with van der Waals surface area (Å²) in [7, 11) is 0. The van der Waals surface area contributed by atoms with Crippen LogP contribution in [0, 0.1) is 6.92 Å². The van der Waals surface area contributed by atoms with E-state index in [2.05, 4.69) is 29.2 Å². The van der Waals surface area contributed by atoms with E-state index in [0.29, 0.717) is 5.75 Å². The van der Waals surface area contributed by atoms with Crippen LogP contribution in [0.4, 0.5) is 0 Å². The average Bonchev–Trinajstić information content (AvgIpc) is 2.56. The average molecular weight is 237 g/mol. The van der Waals surface area contributed by atoms with Crippen LogP contribution in [0.5, 0.6) is 0 Å². The molecule has 1 aromatic carbocycles. The van der Waals surface area contributed by atoms with Crippen molar-refractivity contribution in [3.05, 3.63) is 35.5 Å². The van der Waals surface area contributed by atoms with Gasteiger partial charge in [-0.2, -0.15) is 0 Å². The Morgan fingerprint density at radius 2 is 2.19 bits per heavy atom. The Labute approximate surface area is 97.2 Å². The van der Waals surface area contributed by atoms with Gasteiger partial charge in [0, 0.05) is 17.0 Å². The highest BCUT2D eigenvalue weighted by Gasteiger charge is 2.00. The van der Waals surface area contributed by atoms with Crippen LogP contribution in [-0.4, -0.2) is 19.5 Å². The summed E-state index contributed by atoms with van der Waals surface area (Å²) >= 11 is -1.67. The molecule has 2 N–H and O–H groups in total. The molecule has 0 aliphatic carbocycles. The molecule has 0 fully saturated rings. The molecule has 86 valence electrons. The zero-order chi connectivity index (χ0) is 11.5. The number of nitrogens with one attached hydrogen (secondary N) is 1. The van der Waals surface area contributed by atoms with Crippen LogP contribution >= 0.6 is 0 Å². The normalized spacial score (nSPS) is 13.1. The van der Waals surface area contributed by atoms with Crippen molar-refractivity contribution in [3.8, 4) is 0 Å².